The number of nitrogens with zero attached hydrogens (tertiary/aromatic N) is 2. The average Bonchev–Trinajstić information content (AvgIpc) is 3.01. The van der Waals surface area contributed by atoms with Crippen molar-refractivity contribution < 1.29 is 23.4 Å². The second-order valence-electron chi connectivity index (χ2n) is 6.85. The Labute approximate surface area is 147 Å². The van der Waals surface area contributed by atoms with E-state index in [1.807, 2.05) is 0 Å². The van der Waals surface area contributed by atoms with E-state index in [9.17, 15) is 13.9 Å². The van der Waals surface area contributed by atoms with E-state index in [4.69, 9.17) is 9.47 Å². The largest absolute Gasteiger partial charge is 0.496 e. The molecule has 0 radical (unpaired) electrons. The van der Waals surface area contributed by atoms with Crippen molar-refractivity contribution in [2.24, 2.45) is 11.8 Å². The summed E-state index contributed by atoms with van der Waals surface area (Å²) in [5, 5.41) is 9.72. The van der Waals surface area contributed by atoms with Crippen LogP contribution in [0.3, 0.4) is 0 Å². The van der Waals surface area contributed by atoms with Gasteiger partial charge in [0.2, 0.25) is 0 Å². The fourth-order valence-corrected chi connectivity index (χ4v) is 3.83. The Morgan fingerprint density at radius 2 is 1.88 bits per heavy atom. The van der Waals surface area contributed by atoms with Gasteiger partial charge in [-0.25, -0.2) is 8.78 Å². The summed E-state index contributed by atoms with van der Waals surface area (Å²) in [6, 6.07) is 2.54. The highest BCUT2D eigenvalue weighted by Crippen LogP contribution is 2.30. The van der Waals surface area contributed by atoms with E-state index < -0.39 is 11.6 Å². The molecular formula is C18H26F2N2O3. The number of aliphatic hydroxyl groups excluding tert-OH is 1. The highest BCUT2D eigenvalue weighted by molar-refractivity contribution is 5.35. The highest BCUT2D eigenvalue weighted by Gasteiger charge is 2.34. The Kier molecular flexibility index (Phi) is 6.22. The van der Waals surface area contributed by atoms with E-state index in [1.54, 1.807) is 0 Å². The molecular weight excluding hydrogens is 330 g/mol. The third-order valence-electron chi connectivity index (χ3n) is 5.24. The van der Waals surface area contributed by atoms with Crippen molar-refractivity contribution in [3.8, 4) is 5.75 Å². The fraction of sp³-hybridized carbons (Fsp3) is 0.667. The lowest BCUT2D eigenvalue weighted by Crippen LogP contribution is -2.41. The fourth-order valence-electron chi connectivity index (χ4n) is 3.83. The van der Waals surface area contributed by atoms with Crippen LogP contribution in [0.1, 0.15) is 5.56 Å². The monoisotopic (exact) mass is 356 g/mol. The van der Waals surface area contributed by atoms with Gasteiger partial charge in [0.25, 0.3) is 0 Å². The van der Waals surface area contributed by atoms with E-state index in [0.717, 1.165) is 45.5 Å². The van der Waals surface area contributed by atoms with Gasteiger partial charge >= 0.3 is 0 Å². The number of morpholine rings is 1. The Balaban J connectivity index is 1.67. The third-order valence-corrected chi connectivity index (χ3v) is 5.24. The van der Waals surface area contributed by atoms with Crippen LogP contribution in [0.2, 0.25) is 0 Å². The van der Waals surface area contributed by atoms with Gasteiger partial charge in [-0.3, -0.25) is 9.80 Å². The number of hydrogen-bond donors (Lipinski definition) is 1. The minimum atomic E-state index is -0.862. The molecule has 0 aromatic heterocycles. The molecule has 2 saturated heterocycles. The number of ether oxygens (including phenoxy) is 2. The van der Waals surface area contributed by atoms with Gasteiger partial charge in [0.1, 0.15) is 5.75 Å². The first kappa shape index (κ1) is 18.5. The van der Waals surface area contributed by atoms with Crippen molar-refractivity contribution in [2.75, 3.05) is 59.7 Å². The molecule has 2 aliphatic rings. The van der Waals surface area contributed by atoms with E-state index in [1.165, 1.54) is 13.2 Å². The molecule has 2 heterocycles. The summed E-state index contributed by atoms with van der Waals surface area (Å²) in [4.78, 5) is 4.43. The molecule has 0 amide bonds. The minimum Gasteiger partial charge on any atom is -0.496 e. The summed E-state index contributed by atoms with van der Waals surface area (Å²) in [6.45, 7) is 6.00. The minimum absolute atomic E-state index is 0.105. The van der Waals surface area contributed by atoms with Crippen LogP contribution >= 0.6 is 0 Å². The predicted octanol–water partition coefficient (Wildman–Crippen LogP) is 1.35. The number of methoxy groups -OCH3 is 1. The van der Waals surface area contributed by atoms with Gasteiger partial charge in [0, 0.05) is 51.4 Å². The first-order valence-corrected chi connectivity index (χ1v) is 8.76. The van der Waals surface area contributed by atoms with Crippen LogP contribution in [0.25, 0.3) is 0 Å². The molecule has 0 unspecified atom stereocenters. The second-order valence-corrected chi connectivity index (χ2v) is 6.85. The van der Waals surface area contributed by atoms with E-state index >= 15 is 0 Å². The van der Waals surface area contributed by atoms with Gasteiger partial charge in [-0.15, -0.1) is 0 Å². The second kappa shape index (κ2) is 8.40. The molecule has 0 saturated carbocycles. The topological polar surface area (TPSA) is 45.2 Å². The van der Waals surface area contributed by atoms with Gasteiger partial charge in [-0.1, -0.05) is 0 Å². The Bertz CT molecular complexity index is 582. The zero-order chi connectivity index (χ0) is 17.8. The average molecular weight is 356 g/mol. The highest BCUT2D eigenvalue weighted by atomic mass is 19.2. The number of likely N-dealkylation sites (tertiary alicyclic amines) is 1. The summed E-state index contributed by atoms with van der Waals surface area (Å²) in [7, 11) is 1.46. The first-order valence-electron chi connectivity index (χ1n) is 8.76. The zero-order valence-corrected chi connectivity index (χ0v) is 14.6. The molecule has 1 N–H and O–H groups in total. The van der Waals surface area contributed by atoms with Crippen molar-refractivity contribution in [3.63, 3.8) is 0 Å². The summed E-state index contributed by atoms with van der Waals surface area (Å²) in [6.07, 6.45) is 0. The quantitative estimate of drug-likeness (QED) is 0.834. The van der Waals surface area contributed by atoms with Gasteiger partial charge in [0.05, 0.1) is 20.3 Å². The lowest BCUT2D eigenvalue weighted by atomic mass is 9.96. The maximum atomic E-state index is 14.2. The predicted molar refractivity (Wildman–Crippen MR) is 89.5 cm³/mol. The van der Waals surface area contributed by atoms with Gasteiger partial charge in [-0.2, -0.15) is 0 Å². The number of aliphatic hydroxyl groups is 1. The molecule has 1 aromatic carbocycles. The number of halogens is 2. The van der Waals surface area contributed by atoms with E-state index in [2.05, 4.69) is 9.80 Å². The molecule has 7 heteroatoms. The first-order chi connectivity index (χ1) is 12.1. The van der Waals surface area contributed by atoms with E-state index in [-0.39, 0.29) is 24.6 Å². The molecule has 1 aromatic rings. The summed E-state index contributed by atoms with van der Waals surface area (Å²) < 4.78 is 38.4. The molecule has 5 nitrogen and oxygen atoms in total. The standard InChI is InChI=1S/C18H26F2N2O3/c1-24-17-3-2-16(19)18(20)15(17)11-22-9-13(14(10-22)12-23)8-21-4-6-25-7-5-21/h2-3,13-14,23H,4-12H2,1H3/t13-,14-/m0/s1. The van der Waals surface area contributed by atoms with Crippen LogP contribution in [-0.2, 0) is 11.3 Å². The van der Waals surface area contributed by atoms with Crippen molar-refractivity contribution in [3.05, 3.63) is 29.3 Å². The number of hydrogen-bond acceptors (Lipinski definition) is 5. The smallest absolute Gasteiger partial charge is 0.167 e. The Morgan fingerprint density at radius 3 is 2.56 bits per heavy atom. The summed E-state index contributed by atoms with van der Waals surface area (Å²) >= 11 is 0. The van der Waals surface area contributed by atoms with Crippen molar-refractivity contribution >= 4 is 0 Å². The molecule has 140 valence electrons. The SMILES string of the molecule is COc1ccc(F)c(F)c1CN1C[C@@H](CO)[C@@H](CN2CCOCC2)C1. The summed E-state index contributed by atoms with van der Waals surface area (Å²) in [5.74, 6) is -0.901. The van der Waals surface area contributed by atoms with Crippen molar-refractivity contribution in [1.29, 1.82) is 0 Å². The third kappa shape index (κ3) is 4.28. The van der Waals surface area contributed by atoms with Gasteiger partial charge < -0.3 is 14.6 Å². The number of benzene rings is 1. The lowest BCUT2D eigenvalue weighted by molar-refractivity contribution is 0.0264. The van der Waals surface area contributed by atoms with Crippen LogP contribution in [-0.4, -0.2) is 74.6 Å². The van der Waals surface area contributed by atoms with Crippen LogP contribution in [0.15, 0.2) is 12.1 Å². The zero-order valence-electron chi connectivity index (χ0n) is 14.6. The summed E-state index contributed by atoms with van der Waals surface area (Å²) in [5.41, 5.74) is 0.242. The molecule has 3 rings (SSSR count). The maximum Gasteiger partial charge on any atom is 0.167 e. The van der Waals surface area contributed by atoms with Gasteiger partial charge in [-0.05, 0) is 24.0 Å². The molecule has 2 aliphatic heterocycles. The molecule has 25 heavy (non-hydrogen) atoms. The lowest BCUT2D eigenvalue weighted by Gasteiger charge is -2.30. The molecule has 0 aliphatic carbocycles. The molecule has 0 bridgehead atoms. The van der Waals surface area contributed by atoms with Crippen LogP contribution in [0.5, 0.6) is 5.75 Å². The van der Waals surface area contributed by atoms with Crippen LogP contribution < -0.4 is 4.74 Å². The normalized spacial score (nSPS) is 25.4. The van der Waals surface area contributed by atoms with Gasteiger partial charge in [0.15, 0.2) is 11.6 Å². The molecule has 0 spiro atoms. The molecule has 2 fully saturated rings. The van der Waals surface area contributed by atoms with Crippen LogP contribution in [0, 0.1) is 23.5 Å². The van der Waals surface area contributed by atoms with Crippen molar-refractivity contribution in [1.82, 2.24) is 9.80 Å². The van der Waals surface area contributed by atoms with Crippen LogP contribution in [0.4, 0.5) is 8.78 Å². The Hall–Kier alpha value is -1.28. The molecule has 2 atom stereocenters. The van der Waals surface area contributed by atoms with Crippen molar-refractivity contribution in [2.45, 2.75) is 6.54 Å². The number of rotatable bonds is 6. The maximum absolute atomic E-state index is 14.2. The Morgan fingerprint density at radius 1 is 1.16 bits per heavy atom. The van der Waals surface area contributed by atoms with E-state index in [0.29, 0.717) is 18.2 Å².